The first-order valence-corrected chi connectivity index (χ1v) is 4.26. The van der Waals surface area contributed by atoms with Gasteiger partial charge in [-0.25, -0.2) is 0 Å². The molecule has 0 atom stereocenters. The summed E-state index contributed by atoms with van der Waals surface area (Å²) in [5.41, 5.74) is 0. The van der Waals surface area contributed by atoms with E-state index in [4.69, 9.17) is 13.9 Å². The van der Waals surface area contributed by atoms with Gasteiger partial charge in [0.05, 0.1) is 13.4 Å². The average molecular weight is 191 g/mol. The largest absolute Gasteiger partial charge is 0.497 e. The summed E-state index contributed by atoms with van der Waals surface area (Å²) in [4.78, 5) is 0. The molecule has 0 amide bonds. The van der Waals surface area contributed by atoms with Crippen molar-refractivity contribution >= 4 is 10.8 Å². The molecule has 0 spiro atoms. The first-order chi connectivity index (χ1) is 6.85. The Balaban J connectivity index is 2.52. The molecule has 1 heterocycles. The maximum absolute atomic E-state index is 5.32. The van der Waals surface area contributed by atoms with Crippen LogP contribution in [0.4, 0.5) is 0 Å². The first kappa shape index (κ1) is 9.09. The lowest BCUT2D eigenvalue weighted by Gasteiger charge is -1.99. The normalized spacial score (nSPS) is 10.7. The van der Waals surface area contributed by atoms with Crippen LogP contribution in [0.15, 0.2) is 28.9 Å². The van der Waals surface area contributed by atoms with Crippen molar-refractivity contribution in [2.75, 3.05) is 14.2 Å². The van der Waals surface area contributed by atoms with E-state index in [0.29, 0.717) is 5.76 Å². The summed E-state index contributed by atoms with van der Waals surface area (Å²) in [5.74, 6) is 1.52. The maximum Gasteiger partial charge on any atom is 0.149 e. The third-order valence-corrected chi connectivity index (χ3v) is 2.06. The SMILES string of the molecule is CO[CH]c1occ2ccc(OC)cc12. The summed E-state index contributed by atoms with van der Waals surface area (Å²) in [6.07, 6.45) is 1.69. The van der Waals surface area contributed by atoms with Crippen LogP contribution in [-0.2, 0) is 4.74 Å². The van der Waals surface area contributed by atoms with Crippen LogP contribution in [0.1, 0.15) is 5.76 Å². The molecule has 2 aromatic rings. The van der Waals surface area contributed by atoms with E-state index < -0.39 is 0 Å². The Kier molecular flexibility index (Phi) is 2.41. The van der Waals surface area contributed by atoms with Crippen LogP contribution in [0.5, 0.6) is 5.75 Å². The van der Waals surface area contributed by atoms with E-state index in [0.717, 1.165) is 16.5 Å². The molecule has 3 nitrogen and oxygen atoms in total. The average Bonchev–Trinajstić information content (AvgIpc) is 2.61. The van der Waals surface area contributed by atoms with Crippen molar-refractivity contribution in [3.63, 3.8) is 0 Å². The second kappa shape index (κ2) is 3.72. The zero-order valence-electron chi connectivity index (χ0n) is 8.11. The van der Waals surface area contributed by atoms with Gasteiger partial charge in [-0.05, 0) is 18.2 Å². The van der Waals surface area contributed by atoms with Gasteiger partial charge in [-0.1, -0.05) is 0 Å². The highest BCUT2D eigenvalue weighted by Crippen LogP contribution is 2.26. The Morgan fingerprint density at radius 2 is 2.14 bits per heavy atom. The zero-order chi connectivity index (χ0) is 9.97. The van der Waals surface area contributed by atoms with E-state index >= 15 is 0 Å². The van der Waals surface area contributed by atoms with Gasteiger partial charge in [-0.2, -0.15) is 0 Å². The molecular formula is C11H11O3. The van der Waals surface area contributed by atoms with Crippen molar-refractivity contribution in [1.29, 1.82) is 0 Å². The van der Waals surface area contributed by atoms with Crippen LogP contribution < -0.4 is 4.74 Å². The van der Waals surface area contributed by atoms with Gasteiger partial charge in [-0.15, -0.1) is 0 Å². The van der Waals surface area contributed by atoms with E-state index in [9.17, 15) is 0 Å². The summed E-state index contributed by atoms with van der Waals surface area (Å²) in [6, 6.07) is 5.77. The van der Waals surface area contributed by atoms with Crippen LogP contribution in [0.3, 0.4) is 0 Å². The Hall–Kier alpha value is -1.48. The molecule has 0 N–H and O–H groups in total. The molecule has 1 radical (unpaired) electrons. The Morgan fingerprint density at radius 1 is 1.29 bits per heavy atom. The van der Waals surface area contributed by atoms with Gasteiger partial charge in [0.15, 0.2) is 0 Å². The van der Waals surface area contributed by atoms with E-state index in [1.54, 1.807) is 27.1 Å². The Morgan fingerprint density at radius 3 is 2.86 bits per heavy atom. The number of furan rings is 1. The highest BCUT2D eigenvalue weighted by Gasteiger charge is 2.06. The molecule has 3 heteroatoms. The van der Waals surface area contributed by atoms with Crippen LogP contribution in [0, 0.1) is 6.61 Å². The molecule has 14 heavy (non-hydrogen) atoms. The first-order valence-electron chi connectivity index (χ1n) is 4.26. The summed E-state index contributed by atoms with van der Waals surface area (Å²) in [7, 11) is 3.23. The molecule has 2 rings (SSSR count). The molecule has 0 aliphatic rings. The Bertz CT molecular complexity index is 431. The number of fused-ring (bicyclic) bond motifs is 1. The van der Waals surface area contributed by atoms with Gasteiger partial charge >= 0.3 is 0 Å². The van der Waals surface area contributed by atoms with Crippen LogP contribution in [0.25, 0.3) is 10.8 Å². The van der Waals surface area contributed by atoms with Gasteiger partial charge < -0.3 is 13.9 Å². The highest BCUT2D eigenvalue weighted by molar-refractivity contribution is 5.86. The molecule has 1 aromatic carbocycles. The van der Waals surface area contributed by atoms with Crippen molar-refractivity contribution in [2.45, 2.75) is 0 Å². The third kappa shape index (κ3) is 1.46. The van der Waals surface area contributed by atoms with Gasteiger partial charge in [0.1, 0.15) is 18.1 Å². The molecule has 0 saturated carbocycles. The molecule has 0 aliphatic heterocycles. The highest BCUT2D eigenvalue weighted by atomic mass is 16.5. The second-order valence-electron chi connectivity index (χ2n) is 2.91. The van der Waals surface area contributed by atoms with Gasteiger partial charge in [0.25, 0.3) is 0 Å². The van der Waals surface area contributed by atoms with Gasteiger partial charge in [0, 0.05) is 17.9 Å². The minimum absolute atomic E-state index is 0.710. The number of methoxy groups -OCH3 is 2. The summed E-state index contributed by atoms with van der Waals surface area (Å²) >= 11 is 0. The van der Waals surface area contributed by atoms with Crippen molar-refractivity contribution in [3.05, 3.63) is 36.8 Å². The van der Waals surface area contributed by atoms with E-state index in [1.807, 2.05) is 18.2 Å². The Labute approximate surface area is 82.2 Å². The van der Waals surface area contributed by atoms with Crippen molar-refractivity contribution in [1.82, 2.24) is 0 Å². The lowest BCUT2D eigenvalue weighted by atomic mass is 10.2. The fourth-order valence-corrected chi connectivity index (χ4v) is 1.37. The van der Waals surface area contributed by atoms with Crippen molar-refractivity contribution < 1.29 is 13.9 Å². The van der Waals surface area contributed by atoms with Gasteiger partial charge in [-0.3, -0.25) is 0 Å². The molecule has 73 valence electrons. The molecule has 0 fully saturated rings. The topological polar surface area (TPSA) is 31.6 Å². The molecule has 0 bridgehead atoms. The van der Waals surface area contributed by atoms with Crippen LogP contribution in [0.2, 0.25) is 0 Å². The second-order valence-corrected chi connectivity index (χ2v) is 2.91. The summed E-state index contributed by atoms with van der Waals surface area (Å²) < 4.78 is 15.4. The van der Waals surface area contributed by atoms with Gasteiger partial charge in [0.2, 0.25) is 0 Å². The number of hydrogen-bond donors (Lipinski definition) is 0. The minimum atomic E-state index is 0.710. The van der Waals surface area contributed by atoms with E-state index in [2.05, 4.69) is 0 Å². The lowest BCUT2D eigenvalue weighted by molar-refractivity contribution is 0.274. The lowest BCUT2D eigenvalue weighted by Crippen LogP contribution is -1.84. The number of hydrogen-bond acceptors (Lipinski definition) is 3. The van der Waals surface area contributed by atoms with Crippen molar-refractivity contribution in [3.8, 4) is 5.75 Å². The van der Waals surface area contributed by atoms with Crippen LogP contribution >= 0.6 is 0 Å². The summed E-state index contributed by atoms with van der Waals surface area (Å²) in [6.45, 7) is 1.57. The van der Waals surface area contributed by atoms with Crippen molar-refractivity contribution in [2.24, 2.45) is 0 Å². The standard InChI is InChI=1S/C11H11O3/c1-12-7-11-10-5-9(13-2)4-3-8(10)6-14-11/h3-7H,1-2H3. The monoisotopic (exact) mass is 191 g/mol. The fraction of sp³-hybridized carbons (Fsp3) is 0.182. The quantitative estimate of drug-likeness (QED) is 0.747. The van der Waals surface area contributed by atoms with Crippen LogP contribution in [-0.4, -0.2) is 14.2 Å². The smallest absolute Gasteiger partial charge is 0.149 e. The fourth-order valence-electron chi connectivity index (χ4n) is 1.37. The van der Waals surface area contributed by atoms with E-state index in [-0.39, 0.29) is 0 Å². The summed E-state index contributed by atoms with van der Waals surface area (Å²) in [5, 5.41) is 2.03. The van der Waals surface area contributed by atoms with E-state index in [1.165, 1.54) is 0 Å². The molecule has 0 saturated heterocycles. The number of rotatable bonds is 3. The molecule has 0 aliphatic carbocycles. The molecule has 0 unspecified atom stereocenters. The zero-order valence-corrected chi connectivity index (χ0v) is 8.11. The molecular weight excluding hydrogens is 180 g/mol. The predicted octanol–water partition coefficient (Wildman–Crippen LogP) is 2.60. The maximum atomic E-state index is 5.32. The number of ether oxygens (including phenoxy) is 2. The predicted molar refractivity (Wildman–Crippen MR) is 53.2 cm³/mol. The minimum Gasteiger partial charge on any atom is -0.497 e. The molecule has 1 aromatic heterocycles. The number of benzene rings is 1. The third-order valence-electron chi connectivity index (χ3n) is 2.06.